The number of ketones is 1. The van der Waals surface area contributed by atoms with Crippen molar-refractivity contribution in [3.8, 4) is 11.5 Å². The van der Waals surface area contributed by atoms with E-state index in [1.165, 1.54) is 6.08 Å². The van der Waals surface area contributed by atoms with Crippen molar-refractivity contribution in [1.82, 2.24) is 0 Å². The van der Waals surface area contributed by atoms with Crippen LogP contribution in [0.3, 0.4) is 0 Å². The van der Waals surface area contributed by atoms with Crippen LogP contribution in [0.5, 0.6) is 11.5 Å². The van der Waals surface area contributed by atoms with Gasteiger partial charge in [0.2, 0.25) is 6.08 Å². The minimum absolute atomic E-state index is 0.0662. The maximum Gasteiger partial charge on any atom is 0.240 e. The van der Waals surface area contributed by atoms with Gasteiger partial charge in [-0.3, -0.25) is 4.79 Å². The van der Waals surface area contributed by atoms with Crippen molar-refractivity contribution in [3.63, 3.8) is 0 Å². The molecular formula is C13H13NO4. The Hall–Kier alpha value is -2.13. The highest BCUT2D eigenvalue weighted by Crippen LogP contribution is 2.37. The first-order valence-corrected chi connectivity index (χ1v) is 5.81. The second-order valence-corrected chi connectivity index (χ2v) is 3.89. The highest BCUT2D eigenvalue weighted by molar-refractivity contribution is 6.01. The van der Waals surface area contributed by atoms with Gasteiger partial charge in [-0.25, -0.2) is 4.79 Å². The van der Waals surface area contributed by atoms with E-state index in [4.69, 9.17) is 9.47 Å². The molecule has 0 radical (unpaired) electrons. The number of rotatable bonds is 4. The van der Waals surface area contributed by atoms with Crippen molar-refractivity contribution >= 4 is 17.6 Å². The summed E-state index contributed by atoms with van der Waals surface area (Å²) in [6.45, 7) is 2.81. The molecule has 0 aromatic heterocycles. The smallest absolute Gasteiger partial charge is 0.240 e. The van der Waals surface area contributed by atoms with Gasteiger partial charge in [0.1, 0.15) is 13.2 Å². The highest BCUT2D eigenvalue weighted by Gasteiger charge is 2.19. The van der Waals surface area contributed by atoms with E-state index < -0.39 is 0 Å². The lowest BCUT2D eigenvalue weighted by atomic mass is 10.0. The summed E-state index contributed by atoms with van der Waals surface area (Å²) in [5, 5.41) is 0. The molecule has 0 atom stereocenters. The number of fused-ring (bicyclic) bond motifs is 1. The molecule has 2 rings (SSSR count). The first kappa shape index (κ1) is 12.3. The number of benzene rings is 1. The molecule has 18 heavy (non-hydrogen) atoms. The second-order valence-electron chi connectivity index (χ2n) is 3.89. The summed E-state index contributed by atoms with van der Waals surface area (Å²) in [7, 11) is 0. The Labute approximate surface area is 104 Å². The molecule has 0 aliphatic carbocycles. The molecule has 5 heteroatoms. The third kappa shape index (κ3) is 2.41. The van der Waals surface area contributed by atoms with Crippen molar-refractivity contribution in [1.29, 1.82) is 0 Å². The van der Waals surface area contributed by atoms with Gasteiger partial charge < -0.3 is 9.47 Å². The lowest BCUT2D eigenvalue weighted by molar-refractivity contribution is 0.0981. The average Bonchev–Trinajstić information content (AvgIpc) is 2.38. The maximum absolute atomic E-state index is 11.9. The number of hydrogen-bond acceptors (Lipinski definition) is 5. The summed E-state index contributed by atoms with van der Waals surface area (Å²) in [5.41, 5.74) is 0.664. The number of ether oxygens (including phenoxy) is 2. The Morgan fingerprint density at radius 2 is 2.00 bits per heavy atom. The predicted octanol–water partition coefficient (Wildman–Crippen LogP) is 2.41. The Morgan fingerprint density at radius 1 is 1.33 bits per heavy atom. The molecule has 1 aromatic carbocycles. The van der Waals surface area contributed by atoms with Crippen LogP contribution in [0.25, 0.3) is 0 Å². The van der Waals surface area contributed by atoms with Crippen LogP contribution in [0.1, 0.15) is 30.1 Å². The molecule has 0 fully saturated rings. The topological polar surface area (TPSA) is 65.0 Å². The first-order chi connectivity index (χ1) is 8.76. The SMILES string of the molecule is CCCC(=O)c1cc2c(cc1N=C=O)OCCO2. The molecule has 0 saturated heterocycles. The lowest BCUT2D eigenvalue weighted by Gasteiger charge is -2.19. The van der Waals surface area contributed by atoms with E-state index in [9.17, 15) is 9.59 Å². The van der Waals surface area contributed by atoms with Crippen LogP contribution < -0.4 is 9.47 Å². The van der Waals surface area contributed by atoms with Crippen LogP contribution >= 0.6 is 0 Å². The Morgan fingerprint density at radius 3 is 2.61 bits per heavy atom. The zero-order valence-corrected chi connectivity index (χ0v) is 10.1. The van der Waals surface area contributed by atoms with E-state index in [-0.39, 0.29) is 11.5 Å². The quantitative estimate of drug-likeness (QED) is 0.465. The Kier molecular flexibility index (Phi) is 3.75. The van der Waals surface area contributed by atoms with Gasteiger partial charge in [0.15, 0.2) is 17.3 Å². The maximum atomic E-state index is 11.9. The standard InChI is InChI=1S/C13H13NO4/c1-2-3-11(16)9-6-12-13(18-5-4-17-12)7-10(9)14-8-15/h6-7H,2-5H2,1H3. The monoisotopic (exact) mass is 247 g/mol. The van der Waals surface area contributed by atoms with E-state index in [1.54, 1.807) is 12.1 Å². The predicted molar refractivity (Wildman–Crippen MR) is 64.5 cm³/mol. The molecule has 1 heterocycles. The number of Topliss-reactive ketones (excluding diaryl/α,β-unsaturated/α-hetero) is 1. The van der Waals surface area contributed by atoms with Crippen LogP contribution in [-0.2, 0) is 4.79 Å². The molecule has 94 valence electrons. The summed E-state index contributed by atoms with van der Waals surface area (Å²) in [6, 6.07) is 3.13. The number of nitrogens with zero attached hydrogens (tertiary/aromatic N) is 1. The van der Waals surface area contributed by atoms with Crippen molar-refractivity contribution in [2.75, 3.05) is 13.2 Å². The zero-order valence-electron chi connectivity index (χ0n) is 10.1. The molecule has 0 N–H and O–H groups in total. The van der Waals surface area contributed by atoms with Gasteiger partial charge in [0.05, 0.1) is 5.69 Å². The van der Waals surface area contributed by atoms with E-state index in [0.29, 0.717) is 36.7 Å². The van der Waals surface area contributed by atoms with Crippen molar-refractivity contribution < 1.29 is 19.1 Å². The molecule has 5 nitrogen and oxygen atoms in total. The van der Waals surface area contributed by atoms with Crippen LogP contribution in [0, 0.1) is 0 Å². The molecule has 0 saturated carbocycles. The van der Waals surface area contributed by atoms with E-state index in [1.807, 2.05) is 6.92 Å². The normalized spacial score (nSPS) is 12.7. The molecular weight excluding hydrogens is 234 g/mol. The van der Waals surface area contributed by atoms with Crippen molar-refractivity contribution in [2.45, 2.75) is 19.8 Å². The Balaban J connectivity index is 2.48. The summed E-state index contributed by atoms with van der Waals surface area (Å²) < 4.78 is 10.8. The molecule has 1 aromatic rings. The lowest BCUT2D eigenvalue weighted by Crippen LogP contribution is -2.16. The summed E-state index contributed by atoms with van der Waals surface area (Å²) >= 11 is 0. The minimum atomic E-state index is -0.0662. The van der Waals surface area contributed by atoms with Crippen molar-refractivity contribution in [3.05, 3.63) is 17.7 Å². The third-order valence-corrected chi connectivity index (χ3v) is 2.60. The molecule has 0 amide bonds. The third-order valence-electron chi connectivity index (χ3n) is 2.60. The fourth-order valence-electron chi connectivity index (χ4n) is 1.80. The molecule has 0 unspecified atom stereocenters. The number of aliphatic imine (C=N–C) groups is 1. The average molecular weight is 247 g/mol. The van der Waals surface area contributed by atoms with Crippen LogP contribution in [-0.4, -0.2) is 25.1 Å². The summed E-state index contributed by atoms with van der Waals surface area (Å²) in [5.74, 6) is 0.956. The van der Waals surface area contributed by atoms with Gasteiger partial charge in [-0.2, -0.15) is 4.99 Å². The number of hydrogen-bond donors (Lipinski definition) is 0. The zero-order chi connectivity index (χ0) is 13.0. The Bertz CT molecular complexity index is 518. The van der Waals surface area contributed by atoms with Gasteiger partial charge in [0, 0.05) is 18.1 Å². The van der Waals surface area contributed by atoms with Gasteiger partial charge in [-0.05, 0) is 12.5 Å². The second kappa shape index (κ2) is 5.47. The van der Waals surface area contributed by atoms with Gasteiger partial charge in [-0.1, -0.05) is 6.92 Å². The van der Waals surface area contributed by atoms with Gasteiger partial charge in [0.25, 0.3) is 0 Å². The van der Waals surface area contributed by atoms with E-state index in [0.717, 1.165) is 6.42 Å². The largest absolute Gasteiger partial charge is 0.486 e. The van der Waals surface area contributed by atoms with Crippen molar-refractivity contribution in [2.24, 2.45) is 4.99 Å². The number of isocyanates is 1. The van der Waals surface area contributed by atoms with E-state index >= 15 is 0 Å². The fourth-order valence-corrected chi connectivity index (χ4v) is 1.80. The highest BCUT2D eigenvalue weighted by atomic mass is 16.6. The molecule has 1 aliphatic heterocycles. The van der Waals surface area contributed by atoms with Crippen LogP contribution in [0.2, 0.25) is 0 Å². The molecule has 0 spiro atoms. The summed E-state index contributed by atoms with van der Waals surface area (Å²) in [4.78, 5) is 25.9. The van der Waals surface area contributed by atoms with Gasteiger partial charge >= 0.3 is 0 Å². The number of carbonyl (C=O) groups excluding carboxylic acids is 2. The summed E-state index contributed by atoms with van der Waals surface area (Å²) in [6.07, 6.45) is 2.59. The van der Waals surface area contributed by atoms with Crippen LogP contribution in [0.4, 0.5) is 5.69 Å². The molecule has 1 aliphatic rings. The first-order valence-electron chi connectivity index (χ1n) is 5.81. The van der Waals surface area contributed by atoms with E-state index in [2.05, 4.69) is 4.99 Å². The van der Waals surface area contributed by atoms with Gasteiger partial charge in [-0.15, -0.1) is 0 Å². The van der Waals surface area contributed by atoms with Crippen LogP contribution in [0.15, 0.2) is 17.1 Å². The fraction of sp³-hybridized carbons (Fsp3) is 0.385. The molecule has 0 bridgehead atoms. The number of carbonyl (C=O) groups is 1. The minimum Gasteiger partial charge on any atom is -0.486 e.